The van der Waals surface area contributed by atoms with E-state index in [9.17, 15) is 0 Å². The lowest BCUT2D eigenvalue weighted by molar-refractivity contribution is 0.868. The molecule has 1 unspecified atom stereocenters. The molecule has 0 rings (SSSR count). The Kier molecular flexibility index (Phi) is 11.8. The number of hydrogen-bond acceptors (Lipinski definition) is 2. The summed E-state index contributed by atoms with van der Waals surface area (Å²) in [7, 11) is 0. The number of rotatable bonds is 8. The molecule has 0 amide bonds. The second-order valence-electron chi connectivity index (χ2n) is 2.54. The van der Waals surface area contributed by atoms with Crippen LogP contribution in [0.4, 0.5) is 0 Å². The highest BCUT2D eigenvalue weighted by molar-refractivity contribution is 9.09. The Bertz CT molecular complexity index is 93.1. The Morgan fingerprint density at radius 3 is 2.67 bits per heavy atom. The van der Waals surface area contributed by atoms with Crippen LogP contribution in [0.15, 0.2) is 0 Å². The summed E-state index contributed by atoms with van der Waals surface area (Å²) in [5, 5.41) is 1.11. The van der Waals surface area contributed by atoms with Crippen LogP contribution in [0, 0.1) is 0 Å². The molecular formula is C8H16BrClS2. The van der Waals surface area contributed by atoms with Crippen molar-refractivity contribution < 1.29 is 0 Å². The minimum Gasteiger partial charge on any atom is -0.179 e. The van der Waals surface area contributed by atoms with Crippen LogP contribution < -0.4 is 0 Å². The lowest BCUT2D eigenvalue weighted by Crippen LogP contribution is -1.95. The van der Waals surface area contributed by atoms with Gasteiger partial charge in [0.25, 0.3) is 0 Å². The predicted molar refractivity (Wildman–Crippen MR) is 68.2 cm³/mol. The molecule has 12 heavy (non-hydrogen) atoms. The Hall–Kier alpha value is 1.47. The molecule has 0 aromatic heterocycles. The summed E-state index contributed by atoms with van der Waals surface area (Å²) in [5.74, 6) is 2.14. The van der Waals surface area contributed by atoms with Crippen LogP contribution in [0.5, 0.6) is 0 Å². The molecule has 74 valence electrons. The second-order valence-corrected chi connectivity index (χ2v) is 5.88. The molecule has 0 saturated heterocycles. The van der Waals surface area contributed by atoms with E-state index in [4.69, 9.17) is 11.6 Å². The van der Waals surface area contributed by atoms with Gasteiger partial charge in [-0.1, -0.05) is 15.9 Å². The molecule has 0 bridgehead atoms. The molecule has 0 nitrogen and oxygen atoms in total. The highest BCUT2D eigenvalue weighted by Crippen LogP contribution is 2.21. The van der Waals surface area contributed by atoms with E-state index in [1.54, 1.807) is 0 Å². The van der Waals surface area contributed by atoms with Gasteiger partial charge in [-0.25, -0.2) is 0 Å². The van der Waals surface area contributed by atoms with Crippen molar-refractivity contribution in [3.8, 4) is 0 Å². The zero-order valence-electron chi connectivity index (χ0n) is 7.14. The fourth-order valence-electron chi connectivity index (χ4n) is 0.743. The topological polar surface area (TPSA) is 0 Å². The molecular weight excluding hydrogens is 276 g/mol. The first-order chi connectivity index (χ1) is 5.81. The zero-order chi connectivity index (χ0) is 9.23. The van der Waals surface area contributed by atoms with Gasteiger partial charge in [0.2, 0.25) is 0 Å². The van der Waals surface area contributed by atoms with Gasteiger partial charge in [0.1, 0.15) is 0 Å². The van der Waals surface area contributed by atoms with Gasteiger partial charge in [-0.2, -0.15) is 12.6 Å². The fraction of sp³-hybridized carbons (Fsp3) is 1.00. The second kappa shape index (κ2) is 10.6. The summed E-state index contributed by atoms with van der Waals surface area (Å²) < 4.78 is 0.299. The lowest BCUT2D eigenvalue weighted by Gasteiger charge is -2.07. The summed E-state index contributed by atoms with van der Waals surface area (Å²) in [5.41, 5.74) is 0. The summed E-state index contributed by atoms with van der Waals surface area (Å²) >= 11 is 15.5. The largest absolute Gasteiger partial charge is 0.179 e. The minimum atomic E-state index is 0.299. The number of thioether (sulfide) groups is 1. The first-order valence-corrected chi connectivity index (χ1v) is 7.47. The minimum absolute atomic E-state index is 0.299. The highest BCUT2D eigenvalue weighted by atomic mass is 79.9. The van der Waals surface area contributed by atoms with Crippen molar-refractivity contribution in [2.45, 2.75) is 30.4 Å². The van der Waals surface area contributed by atoms with E-state index in [-0.39, 0.29) is 0 Å². The van der Waals surface area contributed by atoms with Crippen molar-refractivity contribution in [2.24, 2.45) is 0 Å². The van der Waals surface area contributed by atoms with Gasteiger partial charge < -0.3 is 0 Å². The van der Waals surface area contributed by atoms with Crippen molar-refractivity contribution in [3.63, 3.8) is 0 Å². The van der Waals surface area contributed by atoms with Crippen molar-refractivity contribution in [1.29, 1.82) is 0 Å². The Morgan fingerprint density at radius 2 is 2.08 bits per heavy atom. The fourth-order valence-corrected chi connectivity index (χ4v) is 2.70. The molecule has 0 heterocycles. The van der Waals surface area contributed by atoms with E-state index < -0.39 is 0 Å². The van der Waals surface area contributed by atoms with E-state index >= 15 is 0 Å². The van der Waals surface area contributed by atoms with Crippen LogP contribution in [0.25, 0.3) is 0 Å². The number of unbranched alkanes of at least 4 members (excludes halogenated alkanes) is 1. The van der Waals surface area contributed by atoms with Crippen LogP contribution >= 0.6 is 51.9 Å². The zero-order valence-corrected chi connectivity index (χ0v) is 11.2. The van der Waals surface area contributed by atoms with Crippen LogP contribution in [-0.2, 0) is 0 Å². The normalized spacial score (nSPS) is 13.2. The molecule has 4 heteroatoms. The standard InChI is InChI=1S/C8H16BrClS2/c9-5-1-2-7-12-8(10)4-3-6-11/h8,11H,1-7H2. The third kappa shape index (κ3) is 9.56. The van der Waals surface area contributed by atoms with Crippen molar-refractivity contribution in [1.82, 2.24) is 0 Å². The maximum Gasteiger partial charge on any atom is 0.0789 e. The quantitative estimate of drug-likeness (QED) is 0.398. The van der Waals surface area contributed by atoms with Crippen LogP contribution in [-0.4, -0.2) is 21.5 Å². The third-order valence-electron chi connectivity index (χ3n) is 1.42. The summed E-state index contributed by atoms with van der Waals surface area (Å²) in [6.07, 6.45) is 4.73. The van der Waals surface area contributed by atoms with E-state index in [1.807, 2.05) is 11.8 Å². The third-order valence-corrected chi connectivity index (χ3v) is 4.01. The summed E-state index contributed by atoms with van der Waals surface area (Å²) in [6, 6.07) is 0. The van der Waals surface area contributed by atoms with Gasteiger partial charge in [-0.15, -0.1) is 23.4 Å². The van der Waals surface area contributed by atoms with Gasteiger partial charge >= 0.3 is 0 Å². The van der Waals surface area contributed by atoms with E-state index in [0.717, 1.165) is 23.9 Å². The SMILES string of the molecule is SCCCC(Cl)SCCCCBr. The first-order valence-electron chi connectivity index (χ1n) is 4.23. The van der Waals surface area contributed by atoms with Crippen molar-refractivity contribution in [3.05, 3.63) is 0 Å². The van der Waals surface area contributed by atoms with E-state index in [2.05, 4.69) is 28.6 Å². The molecule has 0 aliphatic carbocycles. The van der Waals surface area contributed by atoms with Crippen LogP contribution in [0.3, 0.4) is 0 Å². The number of alkyl halides is 2. The summed E-state index contributed by atoms with van der Waals surface area (Å²) in [6.45, 7) is 0. The number of hydrogen-bond donors (Lipinski definition) is 1. The van der Waals surface area contributed by atoms with Crippen molar-refractivity contribution >= 4 is 51.9 Å². The maximum absolute atomic E-state index is 6.06. The molecule has 0 aliphatic rings. The molecule has 0 spiro atoms. The van der Waals surface area contributed by atoms with E-state index in [1.165, 1.54) is 18.6 Å². The Morgan fingerprint density at radius 1 is 1.33 bits per heavy atom. The number of thiol groups is 1. The predicted octanol–water partition coefficient (Wildman–Crippen LogP) is 4.17. The smallest absolute Gasteiger partial charge is 0.0789 e. The van der Waals surface area contributed by atoms with Gasteiger partial charge in [0, 0.05) is 5.33 Å². The van der Waals surface area contributed by atoms with Gasteiger partial charge in [-0.3, -0.25) is 0 Å². The molecule has 0 N–H and O–H groups in total. The Balaban J connectivity index is 3.02. The summed E-state index contributed by atoms with van der Waals surface area (Å²) in [4.78, 5) is 0. The highest BCUT2D eigenvalue weighted by Gasteiger charge is 2.02. The molecule has 1 atom stereocenters. The average molecular weight is 292 g/mol. The van der Waals surface area contributed by atoms with Gasteiger partial charge in [0.15, 0.2) is 0 Å². The molecule has 0 saturated carbocycles. The monoisotopic (exact) mass is 290 g/mol. The van der Waals surface area contributed by atoms with Gasteiger partial charge in [0.05, 0.1) is 4.71 Å². The maximum atomic E-state index is 6.06. The molecule has 0 aliphatic heterocycles. The lowest BCUT2D eigenvalue weighted by atomic mass is 10.4. The molecule has 0 radical (unpaired) electrons. The number of halogens is 2. The van der Waals surface area contributed by atoms with E-state index in [0.29, 0.717) is 4.71 Å². The van der Waals surface area contributed by atoms with Crippen molar-refractivity contribution in [2.75, 3.05) is 16.8 Å². The van der Waals surface area contributed by atoms with Crippen LogP contribution in [0.1, 0.15) is 25.7 Å². The van der Waals surface area contributed by atoms with Gasteiger partial charge in [-0.05, 0) is 37.2 Å². The average Bonchev–Trinajstić information content (AvgIpc) is 2.09. The Labute approximate surface area is 98.7 Å². The molecule has 0 aromatic carbocycles. The van der Waals surface area contributed by atoms with Crippen LogP contribution in [0.2, 0.25) is 0 Å². The molecule has 0 fully saturated rings. The first kappa shape index (κ1) is 13.5. The molecule has 0 aromatic rings.